The Kier molecular flexibility index (Phi) is 2.60. The Hall–Kier alpha value is -0.835. The van der Waals surface area contributed by atoms with Crippen molar-refractivity contribution in [3.8, 4) is 0 Å². The monoisotopic (exact) mass is 245 g/mol. The van der Waals surface area contributed by atoms with Crippen molar-refractivity contribution >= 4 is 12.6 Å². The van der Waals surface area contributed by atoms with Crippen LogP contribution in [0.25, 0.3) is 0 Å². The summed E-state index contributed by atoms with van der Waals surface area (Å²) in [7, 11) is -0.249. The van der Waals surface area contributed by atoms with Gasteiger partial charge in [0.15, 0.2) is 0 Å². The Labute approximate surface area is 109 Å². The predicted molar refractivity (Wildman–Crippen MR) is 72.7 cm³/mol. The summed E-state index contributed by atoms with van der Waals surface area (Å²) in [5, 5.41) is 3.36. The van der Waals surface area contributed by atoms with Crippen LogP contribution in [-0.4, -0.2) is 18.3 Å². The van der Waals surface area contributed by atoms with Crippen molar-refractivity contribution in [1.29, 1.82) is 0 Å². The van der Waals surface area contributed by atoms with Gasteiger partial charge in [0, 0.05) is 13.1 Å². The van der Waals surface area contributed by atoms with Gasteiger partial charge in [0.25, 0.3) is 0 Å². The molecule has 0 unspecified atom stereocenters. The summed E-state index contributed by atoms with van der Waals surface area (Å²) in [4.78, 5) is 0. The molecule has 96 valence electrons. The first-order valence-electron chi connectivity index (χ1n) is 6.57. The molecule has 0 saturated carbocycles. The highest BCUT2D eigenvalue weighted by Crippen LogP contribution is 2.36. The lowest BCUT2D eigenvalue weighted by Crippen LogP contribution is -2.41. The molecule has 1 aromatic rings. The van der Waals surface area contributed by atoms with Crippen LogP contribution in [0.1, 0.15) is 38.8 Å². The van der Waals surface area contributed by atoms with Crippen LogP contribution in [0, 0.1) is 0 Å². The summed E-state index contributed by atoms with van der Waals surface area (Å²) in [5.74, 6) is 0. The van der Waals surface area contributed by atoms with E-state index in [0.717, 1.165) is 18.6 Å². The fourth-order valence-corrected chi connectivity index (χ4v) is 2.44. The van der Waals surface area contributed by atoms with Crippen molar-refractivity contribution in [1.82, 2.24) is 5.32 Å². The van der Waals surface area contributed by atoms with Crippen molar-refractivity contribution in [2.75, 3.05) is 0 Å². The molecule has 4 heteroatoms. The van der Waals surface area contributed by atoms with E-state index in [1.54, 1.807) is 0 Å². The minimum Gasteiger partial charge on any atom is -0.399 e. The zero-order valence-electron chi connectivity index (χ0n) is 11.5. The van der Waals surface area contributed by atoms with E-state index in [9.17, 15) is 0 Å². The van der Waals surface area contributed by atoms with Crippen LogP contribution in [0.15, 0.2) is 18.2 Å². The maximum Gasteiger partial charge on any atom is 0.494 e. The molecule has 2 aliphatic rings. The van der Waals surface area contributed by atoms with Gasteiger partial charge in [0.1, 0.15) is 0 Å². The molecule has 0 aliphatic carbocycles. The molecule has 3 rings (SSSR count). The van der Waals surface area contributed by atoms with Gasteiger partial charge >= 0.3 is 7.12 Å². The number of hydrogen-bond acceptors (Lipinski definition) is 3. The van der Waals surface area contributed by atoms with Gasteiger partial charge < -0.3 is 14.6 Å². The molecule has 1 N–H and O–H groups in total. The summed E-state index contributed by atoms with van der Waals surface area (Å²) in [6.07, 6.45) is 0. The first-order chi connectivity index (χ1) is 8.39. The molecular weight excluding hydrogens is 225 g/mol. The molecule has 3 nitrogen and oxygen atoms in total. The molecule has 1 saturated heterocycles. The third-order valence-electron chi connectivity index (χ3n) is 4.39. The number of rotatable bonds is 1. The van der Waals surface area contributed by atoms with Crippen LogP contribution < -0.4 is 10.8 Å². The average molecular weight is 245 g/mol. The quantitative estimate of drug-likeness (QED) is 0.762. The first-order valence-corrected chi connectivity index (χ1v) is 6.57. The van der Waals surface area contributed by atoms with Crippen LogP contribution in [0.4, 0.5) is 0 Å². The third kappa shape index (κ3) is 1.80. The van der Waals surface area contributed by atoms with Crippen molar-refractivity contribution in [2.45, 2.75) is 52.0 Å². The molecule has 0 amide bonds. The highest BCUT2D eigenvalue weighted by molar-refractivity contribution is 6.62. The topological polar surface area (TPSA) is 30.5 Å². The zero-order valence-corrected chi connectivity index (χ0v) is 11.5. The Morgan fingerprint density at radius 2 is 1.61 bits per heavy atom. The lowest BCUT2D eigenvalue weighted by atomic mass is 9.78. The molecule has 2 heterocycles. The van der Waals surface area contributed by atoms with Crippen LogP contribution in [0.3, 0.4) is 0 Å². The number of hydrogen-bond donors (Lipinski definition) is 1. The van der Waals surface area contributed by atoms with Crippen LogP contribution in [0.5, 0.6) is 0 Å². The molecular formula is C14H20BNO2. The van der Waals surface area contributed by atoms with E-state index in [0.29, 0.717) is 0 Å². The standard InChI is InChI=1S/C14H20BNO2/c1-13(2)14(3,4)18-15(17-13)12-6-5-10-8-16-9-11(10)7-12/h5-7,16H,8-9H2,1-4H3. The summed E-state index contributed by atoms with van der Waals surface area (Å²) in [6, 6.07) is 6.50. The highest BCUT2D eigenvalue weighted by atomic mass is 16.7. The van der Waals surface area contributed by atoms with Crippen molar-refractivity contribution in [2.24, 2.45) is 0 Å². The van der Waals surface area contributed by atoms with Gasteiger partial charge in [-0.1, -0.05) is 18.2 Å². The normalized spacial score (nSPS) is 24.3. The van der Waals surface area contributed by atoms with Crippen molar-refractivity contribution in [3.05, 3.63) is 29.3 Å². The van der Waals surface area contributed by atoms with Gasteiger partial charge in [-0.2, -0.15) is 0 Å². The van der Waals surface area contributed by atoms with Gasteiger partial charge in [-0.15, -0.1) is 0 Å². The minimum atomic E-state index is -0.269. The van der Waals surface area contributed by atoms with E-state index in [-0.39, 0.29) is 18.3 Å². The van der Waals surface area contributed by atoms with Gasteiger partial charge in [0.2, 0.25) is 0 Å². The highest BCUT2D eigenvalue weighted by Gasteiger charge is 2.51. The van der Waals surface area contributed by atoms with Gasteiger partial charge in [0.05, 0.1) is 11.2 Å². The van der Waals surface area contributed by atoms with Gasteiger partial charge in [-0.25, -0.2) is 0 Å². The number of benzene rings is 1. The average Bonchev–Trinajstić information content (AvgIpc) is 2.80. The maximum absolute atomic E-state index is 6.07. The van der Waals surface area contributed by atoms with E-state index in [4.69, 9.17) is 9.31 Å². The summed E-state index contributed by atoms with van der Waals surface area (Å²) >= 11 is 0. The molecule has 1 fully saturated rings. The van der Waals surface area contributed by atoms with E-state index >= 15 is 0 Å². The van der Waals surface area contributed by atoms with Crippen molar-refractivity contribution in [3.63, 3.8) is 0 Å². The number of nitrogens with one attached hydrogen (secondary N) is 1. The second-order valence-corrected chi connectivity index (χ2v) is 6.22. The van der Waals surface area contributed by atoms with E-state index in [2.05, 4.69) is 51.2 Å². The van der Waals surface area contributed by atoms with Crippen LogP contribution >= 0.6 is 0 Å². The lowest BCUT2D eigenvalue weighted by molar-refractivity contribution is 0.00578. The Morgan fingerprint density at radius 3 is 2.28 bits per heavy atom. The largest absolute Gasteiger partial charge is 0.494 e. The fraction of sp³-hybridized carbons (Fsp3) is 0.571. The molecule has 2 aliphatic heterocycles. The molecule has 0 bridgehead atoms. The second-order valence-electron chi connectivity index (χ2n) is 6.22. The molecule has 18 heavy (non-hydrogen) atoms. The molecule has 0 atom stereocenters. The molecule has 0 spiro atoms. The predicted octanol–water partition coefficient (Wildman–Crippen LogP) is 1.59. The zero-order chi connectivity index (χ0) is 13.0. The van der Waals surface area contributed by atoms with E-state index in [1.807, 2.05) is 0 Å². The first kappa shape index (κ1) is 12.2. The van der Waals surface area contributed by atoms with Crippen molar-refractivity contribution < 1.29 is 9.31 Å². The molecule has 0 radical (unpaired) electrons. The van der Waals surface area contributed by atoms with Crippen LogP contribution in [-0.2, 0) is 22.4 Å². The summed E-state index contributed by atoms with van der Waals surface area (Å²) in [6.45, 7) is 10.3. The molecule has 1 aromatic carbocycles. The third-order valence-corrected chi connectivity index (χ3v) is 4.39. The Bertz CT molecular complexity index is 469. The number of fused-ring (bicyclic) bond motifs is 1. The maximum atomic E-state index is 6.07. The Balaban J connectivity index is 1.89. The smallest absolute Gasteiger partial charge is 0.399 e. The van der Waals surface area contributed by atoms with E-state index in [1.165, 1.54) is 11.1 Å². The lowest BCUT2D eigenvalue weighted by Gasteiger charge is -2.32. The fourth-order valence-electron chi connectivity index (χ4n) is 2.44. The Morgan fingerprint density at radius 1 is 1.00 bits per heavy atom. The second kappa shape index (κ2) is 3.83. The van der Waals surface area contributed by atoms with E-state index < -0.39 is 0 Å². The minimum absolute atomic E-state index is 0.249. The summed E-state index contributed by atoms with van der Waals surface area (Å²) in [5.41, 5.74) is 3.33. The summed E-state index contributed by atoms with van der Waals surface area (Å²) < 4.78 is 12.1. The SMILES string of the molecule is CC1(C)OB(c2ccc3c(c2)CNC3)OC1(C)C. The molecule has 0 aromatic heterocycles. The van der Waals surface area contributed by atoms with Gasteiger partial charge in [-0.3, -0.25) is 0 Å². The van der Waals surface area contributed by atoms with Gasteiger partial charge in [-0.05, 0) is 44.3 Å². The van der Waals surface area contributed by atoms with Crippen LogP contribution in [0.2, 0.25) is 0 Å².